The Kier molecular flexibility index (Phi) is 8.65. The first kappa shape index (κ1) is 21.0. The Morgan fingerprint density at radius 1 is 1.23 bits per heavy atom. The van der Waals surface area contributed by atoms with E-state index < -0.39 is 5.82 Å². The summed E-state index contributed by atoms with van der Waals surface area (Å²) in [4.78, 5) is 0. The Labute approximate surface area is 166 Å². The molecular formula is C19H22BrClFNO3. The molecule has 2 aromatic rings. The fourth-order valence-corrected chi connectivity index (χ4v) is 3.17. The van der Waals surface area contributed by atoms with Crippen LogP contribution >= 0.6 is 27.5 Å². The molecule has 0 aromatic heterocycles. The molecule has 0 radical (unpaired) electrons. The van der Waals surface area contributed by atoms with Gasteiger partial charge in [-0.2, -0.15) is 0 Å². The molecule has 0 saturated carbocycles. The highest BCUT2D eigenvalue weighted by molar-refractivity contribution is 9.10. The quantitative estimate of drug-likeness (QED) is 0.524. The van der Waals surface area contributed by atoms with Gasteiger partial charge in [0.15, 0.2) is 11.5 Å². The second-order valence-electron chi connectivity index (χ2n) is 5.50. The van der Waals surface area contributed by atoms with Crippen molar-refractivity contribution in [2.75, 3.05) is 26.9 Å². The van der Waals surface area contributed by atoms with Crippen LogP contribution < -0.4 is 14.8 Å². The molecule has 0 spiro atoms. The van der Waals surface area contributed by atoms with E-state index in [1.165, 1.54) is 6.07 Å². The first-order valence-corrected chi connectivity index (χ1v) is 9.44. The Morgan fingerprint density at radius 2 is 2.04 bits per heavy atom. The van der Waals surface area contributed by atoms with E-state index >= 15 is 0 Å². The third-order valence-electron chi connectivity index (χ3n) is 3.60. The van der Waals surface area contributed by atoms with E-state index in [9.17, 15) is 4.39 Å². The number of halogens is 3. The Morgan fingerprint density at radius 3 is 2.73 bits per heavy atom. The van der Waals surface area contributed by atoms with Gasteiger partial charge in [0.1, 0.15) is 12.4 Å². The van der Waals surface area contributed by atoms with Gasteiger partial charge in [0, 0.05) is 25.8 Å². The summed E-state index contributed by atoms with van der Waals surface area (Å²) in [5, 5.41) is 3.61. The highest BCUT2D eigenvalue weighted by Gasteiger charge is 2.15. The minimum absolute atomic E-state index is 0.00954. The summed E-state index contributed by atoms with van der Waals surface area (Å²) in [6, 6.07) is 8.41. The Bertz CT molecular complexity index is 710. The molecule has 2 aromatic carbocycles. The highest BCUT2D eigenvalue weighted by Crippen LogP contribution is 2.38. The molecule has 0 fully saturated rings. The summed E-state index contributed by atoms with van der Waals surface area (Å²) in [5.74, 6) is 0.718. The summed E-state index contributed by atoms with van der Waals surface area (Å²) < 4.78 is 31.2. The van der Waals surface area contributed by atoms with Crippen LogP contribution in [0.4, 0.5) is 4.39 Å². The SMILES string of the molecule is CCOc1cc(CNCCOC)cc(Br)c1OCc1c(F)cccc1Cl. The number of nitrogens with one attached hydrogen (secondary N) is 1. The Balaban J connectivity index is 2.16. The summed E-state index contributed by atoms with van der Waals surface area (Å²) >= 11 is 9.58. The lowest BCUT2D eigenvalue weighted by Gasteiger charge is -2.16. The number of ether oxygens (including phenoxy) is 3. The predicted octanol–water partition coefficient (Wildman–Crippen LogP) is 4.96. The van der Waals surface area contributed by atoms with Gasteiger partial charge in [-0.1, -0.05) is 17.7 Å². The van der Waals surface area contributed by atoms with Crippen LogP contribution in [0, 0.1) is 5.82 Å². The van der Waals surface area contributed by atoms with Gasteiger partial charge >= 0.3 is 0 Å². The van der Waals surface area contributed by atoms with Crippen LogP contribution in [0.2, 0.25) is 5.02 Å². The normalized spacial score (nSPS) is 10.8. The fourth-order valence-electron chi connectivity index (χ4n) is 2.35. The molecule has 1 N–H and O–H groups in total. The summed E-state index contributed by atoms with van der Waals surface area (Å²) in [6.07, 6.45) is 0. The molecule has 0 heterocycles. The van der Waals surface area contributed by atoms with Crippen LogP contribution in [0.3, 0.4) is 0 Å². The maximum absolute atomic E-state index is 13.9. The van der Waals surface area contributed by atoms with Crippen molar-refractivity contribution >= 4 is 27.5 Å². The van der Waals surface area contributed by atoms with E-state index in [0.717, 1.165) is 16.6 Å². The lowest BCUT2D eigenvalue weighted by Crippen LogP contribution is -2.18. The monoisotopic (exact) mass is 445 g/mol. The Hall–Kier alpha value is -1.34. The first-order valence-electron chi connectivity index (χ1n) is 8.27. The van der Waals surface area contributed by atoms with Crippen molar-refractivity contribution in [1.29, 1.82) is 0 Å². The van der Waals surface area contributed by atoms with E-state index in [2.05, 4.69) is 21.2 Å². The molecule has 142 valence electrons. The second-order valence-corrected chi connectivity index (χ2v) is 6.76. The van der Waals surface area contributed by atoms with Crippen molar-refractivity contribution in [2.45, 2.75) is 20.1 Å². The number of methoxy groups -OCH3 is 1. The second kappa shape index (κ2) is 10.7. The molecule has 0 aliphatic rings. The van der Waals surface area contributed by atoms with Crippen molar-refractivity contribution in [3.05, 3.63) is 56.8 Å². The van der Waals surface area contributed by atoms with Gasteiger partial charge in [-0.3, -0.25) is 0 Å². The molecule has 0 unspecified atom stereocenters. The van der Waals surface area contributed by atoms with E-state index in [1.54, 1.807) is 19.2 Å². The summed E-state index contributed by atoms with van der Waals surface area (Å²) in [5.41, 5.74) is 1.35. The molecule has 2 rings (SSSR count). The lowest BCUT2D eigenvalue weighted by atomic mass is 10.2. The molecular weight excluding hydrogens is 425 g/mol. The maximum atomic E-state index is 13.9. The smallest absolute Gasteiger partial charge is 0.175 e. The van der Waals surface area contributed by atoms with Crippen LogP contribution in [-0.2, 0) is 17.9 Å². The van der Waals surface area contributed by atoms with E-state index in [-0.39, 0.29) is 6.61 Å². The minimum Gasteiger partial charge on any atom is -0.490 e. The largest absolute Gasteiger partial charge is 0.490 e. The third-order valence-corrected chi connectivity index (χ3v) is 4.55. The van der Waals surface area contributed by atoms with Crippen molar-refractivity contribution in [3.63, 3.8) is 0 Å². The van der Waals surface area contributed by atoms with Crippen LogP contribution in [0.1, 0.15) is 18.1 Å². The van der Waals surface area contributed by atoms with E-state index in [1.807, 2.05) is 19.1 Å². The zero-order valence-corrected chi connectivity index (χ0v) is 17.1. The lowest BCUT2D eigenvalue weighted by molar-refractivity contribution is 0.199. The minimum atomic E-state index is -0.398. The van der Waals surface area contributed by atoms with Gasteiger partial charge in [0.25, 0.3) is 0 Å². The molecule has 0 atom stereocenters. The number of benzene rings is 2. The van der Waals surface area contributed by atoms with Gasteiger partial charge in [0.05, 0.1) is 22.7 Å². The average Bonchev–Trinajstić information content (AvgIpc) is 2.60. The van der Waals surface area contributed by atoms with Crippen LogP contribution in [0.15, 0.2) is 34.8 Å². The summed E-state index contributed by atoms with van der Waals surface area (Å²) in [7, 11) is 1.67. The highest BCUT2D eigenvalue weighted by atomic mass is 79.9. The fraction of sp³-hybridized carbons (Fsp3) is 0.368. The molecule has 26 heavy (non-hydrogen) atoms. The number of hydrogen-bond acceptors (Lipinski definition) is 4. The molecule has 7 heteroatoms. The van der Waals surface area contributed by atoms with E-state index in [0.29, 0.717) is 41.8 Å². The molecule has 0 bridgehead atoms. The molecule has 0 saturated heterocycles. The van der Waals surface area contributed by atoms with Crippen molar-refractivity contribution in [3.8, 4) is 11.5 Å². The third kappa shape index (κ3) is 5.84. The van der Waals surface area contributed by atoms with Gasteiger partial charge in [-0.05, 0) is 52.7 Å². The van der Waals surface area contributed by atoms with Crippen molar-refractivity contribution in [2.24, 2.45) is 0 Å². The molecule has 0 amide bonds. The molecule has 4 nitrogen and oxygen atoms in total. The summed E-state index contributed by atoms with van der Waals surface area (Å²) in [6.45, 7) is 4.46. The predicted molar refractivity (Wildman–Crippen MR) is 105 cm³/mol. The van der Waals surface area contributed by atoms with Crippen molar-refractivity contribution in [1.82, 2.24) is 5.32 Å². The average molecular weight is 447 g/mol. The van der Waals surface area contributed by atoms with Gasteiger partial charge < -0.3 is 19.5 Å². The first-order chi connectivity index (χ1) is 12.6. The zero-order valence-electron chi connectivity index (χ0n) is 14.8. The van der Waals surface area contributed by atoms with Gasteiger partial charge in [-0.15, -0.1) is 0 Å². The van der Waals surface area contributed by atoms with E-state index in [4.69, 9.17) is 25.8 Å². The maximum Gasteiger partial charge on any atom is 0.175 e. The van der Waals surface area contributed by atoms with Crippen LogP contribution in [0.5, 0.6) is 11.5 Å². The topological polar surface area (TPSA) is 39.7 Å². The van der Waals surface area contributed by atoms with Crippen LogP contribution in [-0.4, -0.2) is 26.9 Å². The van der Waals surface area contributed by atoms with Crippen molar-refractivity contribution < 1.29 is 18.6 Å². The van der Waals surface area contributed by atoms with Gasteiger partial charge in [-0.25, -0.2) is 4.39 Å². The standard InChI is InChI=1S/C19H22BrClFNO3/c1-3-25-18-10-13(11-23-7-8-24-2)9-15(20)19(18)26-12-14-16(21)5-4-6-17(14)22/h4-6,9-10,23H,3,7-8,11-12H2,1-2H3. The number of hydrogen-bond donors (Lipinski definition) is 1. The van der Waals surface area contributed by atoms with Gasteiger partial charge in [0.2, 0.25) is 0 Å². The van der Waals surface area contributed by atoms with Crippen LogP contribution in [0.25, 0.3) is 0 Å². The molecule has 0 aliphatic heterocycles. The molecule has 0 aliphatic carbocycles. The number of rotatable bonds is 10. The zero-order chi connectivity index (χ0) is 18.9.